The van der Waals surface area contributed by atoms with E-state index < -0.39 is 0 Å². The monoisotopic (exact) mass is 520 g/mol. The third kappa shape index (κ3) is 5.00. The second-order valence-corrected chi connectivity index (χ2v) is 7.06. The van der Waals surface area contributed by atoms with E-state index in [1.165, 1.54) is 5.52 Å². The third-order valence-corrected chi connectivity index (χ3v) is 5.18. The molecule has 1 saturated heterocycles. The Bertz CT molecular complexity index is 964. The summed E-state index contributed by atoms with van der Waals surface area (Å²) in [4.78, 5) is 22.8. The fourth-order valence-electron chi connectivity index (χ4n) is 3.73. The van der Waals surface area contributed by atoms with Crippen LogP contribution in [0.25, 0.3) is 11.0 Å². The molecule has 4 rings (SSSR count). The van der Waals surface area contributed by atoms with E-state index in [-0.39, 0.29) is 24.0 Å². The first kappa shape index (κ1) is 22.3. The van der Waals surface area contributed by atoms with E-state index in [0.717, 1.165) is 62.5 Å². The molecule has 0 unspecified atom stereocenters. The van der Waals surface area contributed by atoms with Crippen LogP contribution >= 0.6 is 24.0 Å². The van der Waals surface area contributed by atoms with Gasteiger partial charge in [0.1, 0.15) is 5.82 Å². The summed E-state index contributed by atoms with van der Waals surface area (Å²) in [5.74, 6) is 2.81. The van der Waals surface area contributed by atoms with Crippen LogP contribution in [0.5, 0.6) is 0 Å². The predicted octanol–water partition coefficient (Wildman–Crippen LogP) is 2.54. The number of fused-ring (bicyclic) bond motifs is 1. The van der Waals surface area contributed by atoms with Crippen LogP contribution in [0.4, 0.5) is 5.95 Å². The zero-order valence-corrected chi connectivity index (χ0v) is 19.9. The van der Waals surface area contributed by atoms with Crippen LogP contribution in [0.15, 0.2) is 47.7 Å². The molecule has 1 aromatic carbocycles. The quantitative estimate of drug-likeness (QED) is 0.317. The fraction of sp³-hybridized carbons (Fsp3) is 0.429. The number of piperazine rings is 1. The topological polar surface area (TPSA) is 74.5 Å². The first-order valence-corrected chi connectivity index (χ1v) is 10.2. The number of hydrogen-bond acceptors (Lipinski definition) is 5. The average Bonchev–Trinajstić information content (AvgIpc) is 3.09. The van der Waals surface area contributed by atoms with Gasteiger partial charge in [0.05, 0.1) is 17.6 Å². The van der Waals surface area contributed by atoms with Crippen LogP contribution in [-0.4, -0.2) is 69.6 Å². The summed E-state index contributed by atoms with van der Waals surface area (Å²) >= 11 is 0. The Morgan fingerprint density at radius 1 is 1.07 bits per heavy atom. The smallest absolute Gasteiger partial charge is 0.225 e. The highest BCUT2D eigenvalue weighted by atomic mass is 127. The van der Waals surface area contributed by atoms with Crippen molar-refractivity contribution >= 4 is 46.9 Å². The molecule has 0 saturated carbocycles. The van der Waals surface area contributed by atoms with Crippen molar-refractivity contribution in [3.63, 3.8) is 0 Å². The van der Waals surface area contributed by atoms with Crippen molar-refractivity contribution in [3.05, 3.63) is 48.5 Å². The van der Waals surface area contributed by atoms with Crippen molar-refractivity contribution < 1.29 is 0 Å². The average molecular weight is 520 g/mol. The van der Waals surface area contributed by atoms with Crippen molar-refractivity contribution in [1.82, 2.24) is 29.7 Å². The number of aromatic nitrogens is 4. The van der Waals surface area contributed by atoms with Gasteiger partial charge in [-0.2, -0.15) is 0 Å². The van der Waals surface area contributed by atoms with E-state index in [2.05, 4.69) is 66.7 Å². The summed E-state index contributed by atoms with van der Waals surface area (Å²) in [6, 6.07) is 10.1. The summed E-state index contributed by atoms with van der Waals surface area (Å²) in [5.41, 5.74) is 2.21. The van der Waals surface area contributed by atoms with E-state index in [1.54, 1.807) is 12.4 Å². The van der Waals surface area contributed by atoms with Crippen molar-refractivity contribution in [1.29, 1.82) is 0 Å². The first-order chi connectivity index (χ1) is 14.3. The third-order valence-electron chi connectivity index (χ3n) is 5.18. The Morgan fingerprint density at radius 2 is 1.80 bits per heavy atom. The molecule has 0 amide bonds. The molecular formula is C21H29IN8. The Kier molecular flexibility index (Phi) is 7.83. The minimum Gasteiger partial charge on any atom is -0.357 e. The number of aryl methyl sites for hydroxylation is 1. The fourth-order valence-corrected chi connectivity index (χ4v) is 3.73. The van der Waals surface area contributed by atoms with Gasteiger partial charge in [-0.15, -0.1) is 24.0 Å². The van der Waals surface area contributed by atoms with Gasteiger partial charge >= 0.3 is 0 Å². The Labute approximate surface area is 194 Å². The molecule has 0 radical (unpaired) electrons. The molecule has 1 fully saturated rings. The van der Waals surface area contributed by atoms with Crippen LogP contribution in [-0.2, 0) is 6.54 Å². The maximum atomic E-state index is 4.89. The number of benzene rings is 1. The van der Waals surface area contributed by atoms with Crippen LogP contribution in [0, 0.1) is 6.92 Å². The summed E-state index contributed by atoms with van der Waals surface area (Å²) < 4.78 is 2.24. The lowest BCUT2D eigenvalue weighted by Crippen LogP contribution is -2.53. The highest BCUT2D eigenvalue weighted by Crippen LogP contribution is 2.15. The highest BCUT2D eigenvalue weighted by molar-refractivity contribution is 14.0. The lowest BCUT2D eigenvalue weighted by atomic mass is 10.3. The van der Waals surface area contributed by atoms with E-state index in [0.29, 0.717) is 6.54 Å². The Morgan fingerprint density at radius 3 is 2.53 bits per heavy atom. The molecule has 0 atom stereocenters. The van der Waals surface area contributed by atoms with Crippen LogP contribution < -0.4 is 10.2 Å². The molecule has 30 heavy (non-hydrogen) atoms. The zero-order chi connectivity index (χ0) is 20.1. The lowest BCUT2D eigenvalue weighted by molar-refractivity contribution is 0.370. The molecule has 0 bridgehead atoms. The van der Waals surface area contributed by atoms with E-state index in [9.17, 15) is 0 Å². The molecule has 1 aliphatic rings. The maximum absolute atomic E-state index is 4.89. The predicted molar refractivity (Wildman–Crippen MR) is 132 cm³/mol. The van der Waals surface area contributed by atoms with Gasteiger partial charge in [0, 0.05) is 51.7 Å². The number of rotatable bonds is 5. The van der Waals surface area contributed by atoms with Gasteiger partial charge in [0.2, 0.25) is 5.95 Å². The molecule has 160 valence electrons. The zero-order valence-electron chi connectivity index (χ0n) is 17.5. The van der Waals surface area contributed by atoms with Crippen LogP contribution in [0.1, 0.15) is 12.7 Å². The van der Waals surface area contributed by atoms with Gasteiger partial charge in [-0.05, 0) is 32.0 Å². The normalized spacial score (nSPS) is 14.7. The SMILES string of the molecule is CCNC(=NCCn1c(C)nc2ccccc21)N1CCN(c2ncccn2)CC1.I. The largest absolute Gasteiger partial charge is 0.357 e. The van der Waals surface area contributed by atoms with E-state index in [1.807, 2.05) is 12.1 Å². The molecule has 3 heterocycles. The molecule has 9 heteroatoms. The van der Waals surface area contributed by atoms with E-state index >= 15 is 0 Å². The molecule has 1 N–H and O–H groups in total. The number of aliphatic imine (C=N–C) groups is 1. The molecule has 8 nitrogen and oxygen atoms in total. The number of para-hydroxylation sites is 2. The number of halogens is 1. The maximum Gasteiger partial charge on any atom is 0.225 e. The van der Waals surface area contributed by atoms with Crippen molar-refractivity contribution in [3.8, 4) is 0 Å². The van der Waals surface area contributed by atoms with Crippen molar-refractivity contribution in [2.75, 3.05) is 44.2 Å². The molecule has 1 aliphatic heterocycles. The summed E-state index contributed by atoms with van der Waals surface area (Å²) in [6.45, 7) is 10.1. The van der Waals surface area contributed by atoms with Gasteiger partial charge < -0.3 is 19.7 Å². The highest BCUT2D eigenvalue weighted by Gasteiger charge is 2.21. The molecule has 0 spiro atoms. The standard InChI is InChI=1S/C21H28N8.HI/c1-3-22-20(27-13-15-28(16-14-27)21-23-9-6-10-24-21)25-11-12-29-17(2)26-18-7-4-5-8-19(18)29;/h4-10H,3,11-16H2,1-2H3,(H,22,25);1H. The number of nitrogens with zero attached hydrogens (tertiary/aromatic N) is 7. The summed E-state index contributed by atoms with van der Waals surface area (Å²) in [7, 11) is 0. The van der Waals surface area contributed by atoms with Gasteiger partial charge in [-0.3, -0.25) is 4.99 Å². The van der Waals surface area contributed by atoms with Gasteiger partial charge in [0.15, 0.2) is 5.96 Å². The molecule has 0 aliphatic carbocycles. The Balaban J connectivity index is 0.00000256. The lowest BCUT2D eigenvalue weighted by Gasteiger charge is -2.36. The summed E-state index contributed by atoms with van der Waals surface area (Å²) in [5, 5.41) is 3.44. The van der Waals surface area contributed by atoms with Crippen LogP contribution in [0.2, 0.25) is 0 Å². The van der Waals surface area contributed by atoms with Gasteiger partial charge in [-0.1, -0.05) is 12.1 Å². The molecule has 2 aromatic heterocycles. The second-order valence-electron chi connectivity index (χ2n) is 7.06. The minimum absolute atomic E-state index is 0. The number of guanidine groups is 1. The number of hydrogen-bond donors (Lipinski definition) is 1. The summed E-state index contributed by atoms with van der Waals surface area (Å²) in [6.07, 6.45) is 3.59. The van der Waals surface area contributed by atoms with Crippen LogP contribution in [0.3, 0.4) is 0 Å². The minimum atomic E-state index is 0. The van der Waals surface area contributed by atoms with E-state index in [4.69, 9.17) is 4.99 Å². The first-order valence-electron chi connectivity index (χ1n) is 10.2. The molecule has 3 aromatic rings. The molecular weight excluding hydrogens is 491 g/mol. The number of imidazole rings is 1. The second kappa shape index (κ2) is 10.6. The van der Waals surface area contributed by atoms with Crippen molar-refractivity contribution in [2.24, 2.45) is 4.99 Å². The number of anilines is 1. The van der Waals surface area contributed by atoms with Gasteiger partial charge in [0.25, 0.3) is 0 Å². The Hall–Kier alpha value is -2.43. The van der Waals surface area contributed by atoms with Gasteiger partial charge in [-0.25, -0.2) is 15.0 Å². The van der Waals surface area contributed by atoms with Crippen molar-refractivity contribution in [2.45, 2.75) is 20.4 Å². The number of nitrogens with one attached hydrogen (secondary N) is 1.